The van der Waals surface area contributed by atoms with Crippen molar-refractivity contribution in [1.82, 2.24) is 5.32 Å². The number of carbonyl (C=O) groups excluding carboxylic acids is 1. The van der Waals surface area contributed by atoms with Gasteiger partial charge in [0.15, 0.2) is 0 Å². The Bertz CT molecular complexity index is 1110. The third-order valence-electron chi connectivity index (χ3n) is 5.28. The topological polar surface area (TPSA) is 75.6 Å². The van der Waals surface area contributed by atoms with Crippen LogP contribution in [0.25, 0.3) is 11.1 Å². The smallest absolute Gasteiger partial charge is 0.425 e. The normalized spacial score (nSPS) is 13.8. The predicted molar refractivity (Wildman–Crippen MR) is 113 cm³/mol. The summed E-state index contributed by atoms with van der Waals surface area (Å²) in [5.41, 5.74) is 4.13. The average Bonchev–Trinajstić information content (AvgIpc) is 3.35. The third kappa shape index (κ3) is 4.47. The summed E-state index contributed by atoms with van der Waals surface area (Å²) in [6.07, 6.45) is -5.71. The summed E-state index contributed by atoms with van der Waals surface area (Å²) >= 11 is 0.451. The Morgan fingerprint density at radius 2 is 1.59 bits per heavy atom. The maximum atomic E-state index is 12.8. The standard InChI is InChI=1S/C23H18F3NO4S/c24-23(25,26)20-10-9-13(32-20)11-19(21(28)29)27-22(30)31-12-18-16-7-3-1-5-14(16)15-6-2-4-8-17(15)18/h1-10,18-19H,11-12H2,(H,27,30)(H,28,29)/t19-/m1/s1. The average molecular weight is 461 g/mol. The van der Waals surface area contributed by atoms with E-state index in [1.165, 1.54) is 6.07 Å². The Kier molecular flexibility index (Phi) is 5.92. The zero-order chi connectivity index (χ0) is 22.9. The van der Waals surface area contributed by atoms with Gasteiger partial charge in [-0.05, 0) is 34.4 Å². The SMILES string of the molecule is O=C(N[C@H](Cc1ccc(C(F)(F)F)s1)C(=O)O)OCC1c2ccccc2-c2ccccc21. The number of rotatable bonds is 6. The van der Waals surface area contributed by atoms with E-state index in [9.17, 15) is 27.9 Å². The summed E-state index contributed by atoms with van der Waals surface area (Å²) in [7, 11) is 0. The number of hydrogen-bond acceptors (Lipinski definition) is 4. The van der Waals surface area contributed by atoms with Gasteiger partial charge in [-0.3, -0.25) is 0 Å². The van der Waals surface area contributed by atoms with Crippen molar-refractivity contribution in [3.8, 4) is 11.1 Å². The van der Waals surface area contributed by atoms with Crippen molar-refractivity contribution in [2.24, 2.45) is 0 Å². The molecule has 0 bridgehead atoms. The molecule has 32 heavy (non-hydrogen) atoms. The minimum absolute atomic E-state index is 0.00340. The highest BCUT2D eigenvalue weighted by atomic mass is 32.1. The van der Waals surface area contributed by atoms with Gasteiger partial charge in [-0.2, -0.15) is 13.2 Å². The minimum Gasteiger partial charge on any atom is -0.480 e. The van der Waals surface area contributed by atoms with Crippen LogP contribution >= 0.6 is 11.3 Å². The Balaban J connectivity index is 1.41. The fraction of sp³-hybridized carbons (Fsp3) is 0.217. The van der Waals surface area contributed by atoms with E-state index in [4.69, 9.17) is 4.74 Å². The van der Waals surface area contributed by atoms with Crippen molar-refractivity contribution in [2.45, 2.75) is 24.6 Å². The molecule has 0 saturated heterocycles. The van der Waals surface area contributed by atoms with Crippen LogP contribution in [0.4, 0.5) is 18.0 Å². The van der Waals surface area contributed by atoms with E-state index >= 15 is 0 Å². The lowest BCUT2D eigenvalue weighted by Crippen LogP contribution is -2.42. The molecular weight excluding hydrogens is 443 g/mol. The first kappa shape index (κ1) is 21.9. The van der Waals surface area contributed by atoms with Crippen molar-refractivity contribution in [3.05, 3.63) is 81.5 Å². The molecule has 4 rings (SSSR count). The molecule has 0 radical (unpaired) electrons. The Hall–Kier alpha value is -3.33. The van der Waals surface area contributed by atoms with E-state index in [2.05, 4.69) is 5.32 Å². The number of alkyl carbamates (subject to hydrolysis) is 1. The number of halogens is 3. The highest BCUT2D eigenvalue weighted by Gasteiger charge is 2.33. The molecule has 1 atom stereocenters. The second-order valence-electron chi connectivity index (χ2n) is 7.33. The van der Waals surface area contributed by atoms with Crippen LogP contribution in [0.2, 0.25) is 0 Å². The van der Waals surface area contributed by atoms with Crippen LogP contribution in [0.15, 0.2) is 60.7 Å². The number of ether oxygens (including phenoxy) is 1. The van der Waals surface area contributed by atoms with Gasteiger partial charge < -0.3 is 15.2 Å². The zero-order valence-corrected chi connectivity index (χ0v) is 17.4. The van der Waals surface area contributed by atoms with Gasteiger partial charge >= 0.3 is 18.2 Å². The molecule has 0 unspecified atom stereocenters. The second-order valence-corrected chi connectivity index (χ2v) is 8.50. The van der Waals surface area contributed by atoms with E-state index in [1.807, 2.05) is 48.5 Å². The second kappa shape index (κ2) is 8.66. The van der Waals surface area contributed by atoms with Crippen molar-refractivity contribution < 1.29 is 32.6 Å². The van der Waals surface area contributed by atoms with Gasteiger partial charge in [0.05, 0.1) is 0 Å². The first-order valence-corrected chi connectivity index (χ1v) is 10.6. The van der Waals surface area contributed by atoms with Crippen LogP contribution in [-0.4, -0.2) is 29.8 Å². The number of fused-ring (bicyclic) bond motifs is 3. The molecule has 3 aromatic rings. The third-order valence-corrected chi connectivity index (χ3v) is 6.43. The summed E-state index contributed by atoms with van der Waals surface area (Å²) in [4.78, 5) is 23.2. The summed E-state index contributed by atoms with van der Waals surface area (Å²) in [5, 5.41) is 11.7. The summed E-state index contributed by atoms with van der Waals surface area (Å²) < 4.78 is 43.6. The number of carboxylic acids is 1. The number of carbonyl (C=O) groups is 2. The Morgan fingerprint density at radius 1 is 1.00 bits per heavy atom. The van der Waals surface area contributed by atoms with Gasteiger partial charge in [0.1, 0.15) is 17.5 Å². The molecule has 1 aromatic heterocycles. The number of nitrogens with one attached hydrogen (secondary N) is 1. The van der Waals surface area contributed by atoms with Gasteiger partial charge in [0, 0.05) is 17.2 Å². The van der Waals surface area contributed by atoms with Gasteiger partial charge in [0.2, 0.25) is 0 Å². The van der Waals surface area contributed by atoms with Crippen molar-refractivity contribution in [2.75, 3.05) is 6.61 Å². The lowest BCUT2D eigenvalue weighted by molar-refractivity contribution is -0.139. The van der Waals surface area contributed by atoms with Crippen LogP contribution < -0.4 is 5.32 Å². The largest absolute Gasteiger partial charge is 0.480 e. The van der Waals surface area contributed by atoms with E-state index < -0.39 is 29.2 Å². The predicted octanol–water partition coefficient (Wildman–Crippen LogP) is 5.30. The molecule has 1 amide bonds. The molecule has 2 N–H and O–H groups in total. The number of hydrogen-bond donors (Lipinski definition) is 2. The maximum Gasteiger partial charge on any atom is 0.425 e. The van der Waals surface area contributed by atoms with Crippen molar-refractivity contribution >= 4 is 23.4 Å². The van der Waals surface area contributed by atoms with Gasteiger partial charge in [-0.1, -0.05) is 48.5 Å². The lowest BCUT2D eigenvalue weighted by Gasteiger charge is -2.17. The molecule has 0 spiro atoms. The van der Waals surface area contributed by atoms with Crippen molar-refractivity contribution in [3.63, 3.8) is 0 Å². The Morgan fingerprint density at radius 3 is 2.12 bits per heavy atom. The summed E-state index contributed by atoms with van der Waals surface area (Å²) in [6, 6.07) is 16.2. The van der Waals surface area contributed by atoms with Gasteiger partial charge in [0.25, 0.3) is 0 Å². The number of benzene rings is 2. The van der Waals surface area contributed by atoms with E-state index in [0.29, 0.717) is 11.3 Å². The van der Waals surface area contributed by atoms with Crippen LogP contribution in [0, 0.1) is 0 Å². The molecule has 2 aromatic carbocycles. The molecule has 9 heteroatoms. The summed E-state index contributed by atoms with van der Waals surface area (Å²) in [5.74, 6) is -1.55. The minimum atomic E-state index is -4.50. The quantitative estimate of drug-likeness (QED) is 0.522. The number of carboxylic acid groups (broad SMARTS) is 1. The summed E-state index contributed by atoms with van der Waals surface area (Å²) in [6.45, 7) is 0.00340. The molecule has 0 saturated carbocycles. The monoisotopic (exact) mass is 461 g/mol. The van der Waals surface area contributed by atoms with E-state index in [0.717, 1.165) is 28.3 Å². The number of alkyl halides is 3. The number of amides is 1. The molecule has 0 aliphatic heterocycles. The van der Waals surface area contributed by atoms with E-state index in [-0.39, 0.29) is 23.8 Å². The fourth-order valence-corrected chi connectivity index (χ4v) is 4.74. The lowest BCUT2D eigenvalue weighted by atomic mass is 9.98. The maximum absolute atomic E-state index is 12.8. The van der Waals surface area contributed by atoms with Gasteiger partial charge in [-0.15, -0.1) is 11.3 Å². The first-order chi connectivity index (χ1) is 15.2. The van der Waals surface area contributed by atoms with Gasteiger partial charge in [-0.25, -0.2) is 9.59 Å². The molecule has 1 heterocycles. The van der Waals surface area contributed by atoms with Crippen LogP contribution in [0.1, 0.15) is 26.8 Å². The molecule has 166 valence electrons. The molecule has 1 aliphatic carbocycles. The van der Waals surface area contributed by atoms with Crippen LogP contribution in [0.5, 0.6) is 0 Å². The molecule has 5 nitrogen and oxygen atoms in total. The van der Waals surface area contributed by atoms with E-state index in [1.54, 1.807) is 0 Å². The van der Waals surface area contributed by atoms with Crippen molar-refractivity contribution in [1.29, 1.82) is 0 Å². The molecule has 1 aliphatic rings. The van der Waals surface area contributed by atoms with Crippen LogP contribution in [0.3, 0.4) is 0 Å². The first-order valence-electron chi connectivity index (χ1n) is 9.74. The highest BCUT2D eigenvalue weighted by molar-refractivity contribution is 7.12. The van der Waals surface area contributed by atoms with Crippen LogP contribution in [-0.2, 0) is 22.1 Å². The molecule has 0 fully saturated rings. The zero-order valence-electron chi connectivity index (χ0n) is 16.6. The number of thiophene rings is 1. The Labute approximate surface area is 185 Å². The fourth-order valence-electron chi connectivity index (χ4n) is 3.82. The molecular formula is C23H18F3NO4S. The highest BCUT2D eigenvalue weighted by Crippen LogP contribution is 2.44. The number of aliphatic carboxylic acids is 1.